The summed E-state index contributed by atoms with van der Waals surface area (Å²) in [7, 11) is 2.05. The van der Waals surface area contributed by atoms with Crippen LogP contribution in [0.4, 0.5) is 23.2 Å². The molecule has 1 aliphatic heterocycles. The molecular weight excluding hydrogens is 925 g/mol. The number of halogens is 4. The van der Waals surface area contributed by atoms with Crippen molar-refractivity contribution in [1.29, 1.82) is 0 Å². The number of thiophene rings is 1. The molecule has 0 unspecified atom stereocenters. The molecule has 1 aromatic carbocycles. The molecule has 17 nitrogen and oxygen atoms in total. The summed E-state index contributed by atoms with van der Waals surface area (Å²) in [5.41, 5.74) is 7.73. The lowest BCUT2D eigenvalue weighted by Crippen LogP contribution is -2.34. The third kappa shape index (κ3) is 24.8. The smallest absolute Gasteiger partial charge is 0.313 e. The van der Waals surface area contributed by atoms with Gasteiger partial charge in [-0.2, -0.15) is 8.78 Å². The molecule has 0 fully saturated rings. The Hall–Kier alpha value is -3.65. The van der Waals surface area contributed by atoms with E-state index in [4.69, 9.17) is 53.1 Å². The Morgan fingerprint density at radius 1 is 0.618 bits per heavy atom. The van der Waals surface area contributed by atoms with Crippen LogP contribution in [0.25, 0.3) is 6.08 Å². The number of esters is 1. The van der Waals surface area contributed by atoms with Gasteiger partial charge < -0.3 is 62.7 Å². The summed E-state index contributed by atoms with van der Waals surface area (Å²) < 4.78 is 113. The topological polar surface area (TPSA) is 181 Å². The Morgan fingerprint density at radius 3 is 1.46 bits per heavy atom. The minimum atomic E-state index is -1.80. The van der Waals surface area contributed by atoms with Crippen molar-refractivity contribution in [2.45, 2.75) is 46.1 Å². The Bertz CT molecular complexity index is 1760. The number of benzene rings is 1. The van der Waals surface area contributed by atoms with Crippen LogP contribution >= 0.6 is 11.3 Å². The average Bonchev–Trinajstić information content (AvgIpc) is 3.60. The third-order valence-electron chi connectivity index (χ3n) is 9.41. The van der Waals surface area contributed by atoms with Crippen molar-refractivity contribution in [3.8, 4) is 5.75 Å². The second-order valence-corrected chi connectivity index (χ2v) is 16.3. The molecule has 0 atom stereocenters. The van der Waals surface area contributed by atoms with Crippen molar-refractivity contribution in [2.75, 3.05) is 159 Å². The summed E-state index contributed by atoms with van der Waals surface area (Å²) >= 11 is 1.64. The predicted octanol–water partition coefficient (Wildman–Crippen LogP) is 5.32. The molecule has 0 aliphatic carbocycles. The van der Waals surface area contributed by atoms with Crippen molar-refractivity contribution in [2.24, 2.45) is 10.7 Å². The standard InChI is InChI=1S/C46H70F4N4O13S/c1-4-7-54(8-5-2)46(56)35-30-40-39(52-41(51)31-35)32-36(68-40)34-53(3)9-11-58-13-15-60-17-19-62-21-23-64-25-27-66-29-28-65-26-24-63-22-20-61-18-16-59-14-12-57-10-6-42(55)67-45-43(49)37(47)33-38(48)44(45)50/h30,32-33H,4-29,31,34H2,1-3H3,(H2,51,52). The number of likely N-dealkylation sites (N-methyl/N-ethyl adjacent to an activating group) is 1. The highest BCUT2D eigenvalue weighted by atomic mass is 32.1. The fraction of sp³-hybridized carbons (Fsp3) is 0.674. The quantitative estimate of drug-likeness (QED) is 0.0297. The Morgan fingerprint density at radius 2 is 1.03 bits per heavy atom. The van der Waals surface area contributed by atoms with Crippen molar-refractivity contribution in [3.05, 3.63) is 50.7 Å². The first-order valence-electron chi connectivity index (χ1n) is 23.0. The minimum absolute atomic E-state index is 0.0181. The number of ether oxygens (including phenoxy) is 11. The number of fused-ring (bicyclic) bond motifs is 1. The molecule has 0 spiro atoms. The normalized spacial score (nSPS) is 12.6. The second kappa shape index (κ2) is 36.3. The molecule has 2 aromatic rings. The highest BCUT2D eigenvalue weighted by Crippen LogP contribution is 2.35. The van der Waals surface area contributed by atoms with Gasteiger partial charge >= 0.3 is 5.97 Å². The number of hydrogen-bond donors (Lipinski definition) is 1. The number of carbonyl (C=O) groups is 2. The van der Waals surface area contributed by atoms with Gasteiger partial charge in [0.25, 0.3) is 0 Å². The number of rotatable bonds is 41. The number of nitrogens with zero attached hydrogens (tertiary/aromatic N) is 3. The molecule has 386 valence electrons. The van der Waals surface area contributed by atoms with E-state index >= 15 is 0 Å². The Labute approximate surface area is 401 Å². The van der Waals surface area contributed by atoms with E-state index < -0.39 is 41.4 Å². The van der Waals surface area contributed by atoms with Crippen LogP contribution in [0.1, 0.15) is 49.3 Å². The van der Waals surface area contributed by atoms with Crippen LogP contribution in [0.15, 0.2) is 22.7 Å². The molecule has 1 amide bonds. The van der Waals surface area contributed by atoms with Crippen LogP contribution in [0, 0.1) is 23.3 Å². The maximum Gasteiger partial charge on any atom is 0.313 e. The van der Waals surface area contributed by atoms with Crippen LogP contribution in [0.2, 0.25) is 0 Å². The van der Waals surface area contributed by atoms with Gasteiger partial charge in [-0.3, -0.25) is 14.5 Å². The lowest BCUT2D eigenvalue weighted by Gasteiger charge is -2.22. The van der Waals surface area contributed by atoms with E-state index in [0.717, 1.165) is 54.5 Å². The van der Waals surface area contributed by atoms with E-state index in [1.165, 1.54) is 0 Å². The van der Waals surface area contributed by atoms with Crippen LogP contribution in [0.3, 0.4) is 0 Å². The molecule has 0 saturated carbocycles. The molecule has 0 bridgehead atoms. The molecular formula is C46H70F4N4O13S. The number of amidine groups is 1. The number of aliphatic imine (C=N–C) groups is 1. The van der Waals surface area contributed by atoms with E-state index in [9.17, 15) is 27.2 Å². The SMILES string of the molecule is CCCN(CCC)C(=O)C1=Cc2sc(CN(C)CCOCCOCCOCCOCCOCCOCCOCCOCCOCCOCCC(=O)Oc3c(F)c(F)cc(F)c3F)cc2N=C(N)C1. The molecule has 1 aromatic heterocycles. The lowest BCUT2D eigenvalue weighted by atomic mass is 10.1. The van der Waals surface area contributed by atoms with Gasteiger partial charge in [-0.1, -0.05) is 13.8 Å². The van der Waals surface area contributed by atoms with Crippen molar-refractivity contribution < 1.29 is 79.3 Å². The summed E-state index contributed by atoms with van der Waals surface area (Å²) in [6.45, 7) is 14.6. The van der Waals surface area contributed by atoms with Gasteiger partial charge in [-0.05, 0) is 32.0 Å². The zero-order valence-corrected chi connectivity index (χ0v) is 40.5. The maximum absolute atomic E-state index is 13.6. The van der Waals surface area contributed by atoms with E-state index in [1.54, 1.807) is 11.3 Å². The number of amides is 1. The van der Waals surface area contributed by atoms with Gasteiger partial charge in [-0.15, -0.1) is 11.3 Å². The zero-order chi connectivity index (χ0) is 49.2. The van der Waals surface area contributed by atoms with Crippen molar-refractivity contribution >= 4 is 40.8 Å². The van der Waals surface area contributed by atoms with E-state index in [2.05, 4.69) is 34.5 Å². The van der Waals surface area contributed by atoms with E-state index in [0.29, 0.717) is 130 Å². The van der Waals surface area contributed by atoms with Gasteiger partial charge in [0.1, 0.15) is 5.84 Å². The monoisotopic (exact) mass is 994 g/mol. The average molecular weight is 995 g/mol. The number of hydrogen-bond acceptors (Lipinski definition) is 17. The summed E-state index contributed by atoms with van der Waals surface area (Å²) in [5.74, 6) is -9.00. The first kappa shape index (κ1) is 58.7. The van der Waals surface area contributed by atoms with E-state index in [1.807, 2.05) is 18.0 Å². The summed E-state index contributed by atoms with van der Waals surface area (Å²) in [6, 6.07) is 2.07. The molecule has 68 heavy (non-hydrogen) atoms. The van der Waals surface area contributed by atoms with Crippen LogP contribution < -0.4 is 10.5 Å². The van der Waals surface area contributed by atoms with Gasteiger partial charge in [0.15, 0.2) is 11.6 Å². The van der Waals surface area contributed by atoms with Crippen molar-refractivity contribution in [1.82, 2.24) is 9.80 Å². The fourth-order valence-electron chi connectivity index (χ4n) is 6.12. The van der Waals surface area contributed by atoms with Crippen LogP contribution in [-0.2, 0) is 63.5 Å². The molecule has 0 radical (unpaired) electrons. The van der Waals surface area contributed by atoms with Crippen LogP contribution in [0.5, 0.6) is 5.75 Å². The van der Waals surface area contributed by atoms with Gasteiger partial charge in [0, 0.05) is 49.1 Å². The van der Waals surface area contributed by atoms with Gasteiger partial charge in [0.2, 0.25) is 23.3 Å². The Kier molecular flexibility index (Phi) is 31.3. The van der Waals surface area contributed by atoms with E-state index in [-0.39, 0.29) is 31.8 Å². The predicted molar refractivity (Wildman–Crippen MR) is 246 cm³/mol. The minimum Gasteiger partial charge on any atom is -0.420 e. The first-order valence-corrected chi connectivity index (χ1v) is 23.8. The van der Waals surface area contributed by atoms with Crippen LogP contribution in [-0.4, -0.2) is 186 Å². The molecule has 1 aliphatic rings. The lowest BCUT2D eigenvalue weighted by molar-refractivity contribution is -0.136. The number of nitrogens with two attached hydrogens (primary N) is 1. The maximum atomic E-state index is 13.6. The summed E-state index contributed by atoms with van der Waals surface area (Å²) in [4.78, 5) is 35.8. The first-order chi connectivity index (χ1) is 33.0. The number of carbonyl (C=O) groups excluding carboxylic acids is 2. The second-order valence-electron chi connectivity index (χ2n) is 15.1. The Balaban J connectivity index is 1.00. The molecule has 0 saturated heterocycles. The summed E-state index contributed by atoms with van der Waals surface area (Å²) in [5, 5.41) is 0. The van der Waals surface area contributed by atoms with Gasteiger partial charge in [-0.25, -0.2) is 13.8 Å². The molecule has 2 N–H and O–H groups in total. The molecule has 2 heterocycles. The summed E-state index contributed by atoms with van der Waals surface area (Å²) in [6.07, 6.45) is 3.75. The third-order valence-corrected chi connectivity index (χ3v) is 10.5. The molecule has 22 heteroatoms. The molecule has 3 rings (SSSR count). The zero-order valence-electron chi connectivity index (χ0n) is 39.7. The fourth-order valence-corrected chi connectivity index (χ4v) is 7.27. The highest BCUT2D eigenvalue weighted by molar-refractivity contribution is 7.13. The van der Waals surface area contributed by atoms with Crippen molar-refractivity contribution in [3.63, 3.8) is 0 Å². The largest absolute Gasteiger partial charge is 0.420 e. The highest BCUT2D eigenvalue weighted by Gasteiger charge is 2.24. The van der Waals surface area contributed by atoms with Gasteiger partial charge in [0.05, 0.1) is 149 Å².